The van der Waals surface area contributed by atoms with Crippen LogP contribution in [0.15, 0.2) is 36.9 Å². The third-order valence-electron chi connectivity index (χ3n) is 3.96. The van der Waals surface area contributed by atoms with Gasteiger partial charge in [-0.1, -0.05) is 24.8 Å². The fourth-order valence-corrected chi connectivity index (χ4v) is 2.74. The van der Waals surface area contributed by atoms with Crippen molar-refractivity contribution in [2.75, 3.05) is 0 Å². The van der Waals surface area contributed by atoms with E-state index in [0.717, 1.165) is 28.0 Å². The Kier molecular flexibility index (Phi) is 4.71. The van der Waals surface area contributed by atoms with Crippen LogP contribution in [0.25, 0.3) is 22.8 Å². The van der Waals surface area contributed by atoms with E-state index in [1.807, 2.05) is 49.2 Å². The Hall–Kier alpha value is -2.79. The van der Waals surface area contributed by atoms with Crippen molar-refractivity contribution < 1.29 is 10.3 Å². The molecule has 0 aliphatic rings. The molecule has 1 aromatic heterocycles. The van der Waals surface area contributed by atoms with Crippen LogP contribution < -0.4 is 5.48 Å². The van der Waals surface area contributed by atoms with Gasteiger partial charge in [0.25, 0.3) is 0 Å². The van der Waals surface area contributed by atoms with Crippen LogP contribution >= 0.6 is 0 Å². The molecule has 0 radical (unpaired) electrons. The zero-order valence-corrected chi connectivity index (χ0v) is 13.5. The summed E-state index contributed by atoms with van der Waals surface area (Å²) in [5, 5.41) is 26.8. The quantitative estimate of drug-likeness (QED) is 0.394. The predicted octanol–water partition coefficient (Wildman–Crippen LogP) is 3.77. The molecule has 23 heavy (non-hydrogen) atoms. The molecule has 1 aromatic carbocycles. The second-order valence-corrected chi connectivity index (χ2v) is 5.25. The number of rotatable bonds is 4. The van der Waals surface area contributed by atoms with Gasteiger partial charge in [0.15, 0.2) is 5.84 Å². The minimum atomic E-state index is -0.0863. The summed E-state index contributed by atoms with van der Waals surface area (Å²) in [5.41, 5.74) is 6.98. The minimum Gasteiger partial charge on any atom is -0.508 e. The van der Waals surface area contributed by atoms with Crippen LogP contribution in [0, 0.1) is 5.41 Å². The number of aromatic nitrogens is 1. The average Bonchev–Trinajstić information content (AvgIpc) is 2.86. The van der Waals surface area contributed by atoms with Crippen LogP contribution in [0.5, 0.6) is 5.75 Å². The van der Waals surface area contributed by atoms with E-state index in [0.29, 0.717) is 5.69 Å². The Balaban J connectivity index is 2.91. The zero-order chi connectivity index (χ0) is 17.1. The molecule has 4 N–H and O–H groups in total. The molecule has 0 aliphatic carbocycles. The lowest BCUT2D eigenvalue weighted by Crippen LogP contribution is -2.23. The number of phenolic OH excluding ortho intramolecular Hbond substituents is 1. The van der Waals surface area contributed by atoms with Crippen LogP contribution in [-0.2, 0) is 7.05 Å². The largest absolute Gasteiger partial charge is 0.508 e. The lowest BCUT2D eigenvalue weighted by molar-refractivity contribution is 0.233. The van der Waals surface area contributed by atoms with Crippen molar-refractivity contribution in [2.45, 2.75) is 13.8 Å². The highest BCUT2D eigenvalue weighted by atomic mass is 16.5. The molecule has 0 bridgehead atoms. The lowest BCUT2D eigenvalue weighted by Gasteiger charge is -2.10. The van der Waals surface area contributed by atoms with Crippen LogP contribution in [-0.4, -0.2) is 20.7 Å². The van der Waals surface area contributed by atoms with Gasteiger partial charge in [-0.25, -0.2) is 0 Å². The standard InChI is InChI=1S/C18H21N3O2/c1-5-11(3)15-16(12-7-9-13(22)10-8-12)14(6-2)21(4)17(15)18(19)20-23/h5-10,22-23H,2H2,1,3-4H3,(H2,19,20)/b11-5+. The van der Waals surface area contributed by atoms with Gasteiger partial charge in [0, 0.05) is 23.9 Å². The Morgan fingerprint density at radius 3 is 2.39 bits per heavy atom. The maximum atomic E-state index is 9.53. The van der Waals surface area contributed by atoms with Crippen molar-refractivity contribution in [2.24, 2.45) is 7.05 Å². The Morgan fingerprint density at radius 1 is 1.30 bits per heavy atom. The number of allylic oxidation sites excluding steroid dienone is 2. The second-order valence-electron chi connectivity index (χ2n) is 5.25. The smallest absolute Gasteiger partial charge is 0.167 e. The van der Waals surface area contributed by atoms with E-state index in [1.165, 1.54) is 0 Å². The molecule has 0 atom stereocenters. The number of amidine groups is 1. The van der Waals surface area contributed by atoms with Crippen molar-refractivity contribution in [1.82, 2.24) is 10.0 Å². The van der Waals surface area contributed by atoms with Crippen LogP contribution in [0.4, 0.5) is 0 Å². The fraction of sp³-hybridized carbons (Fsp3) is 0.167. The fourth-order valence-electron chi connectivity index (χ4n) is 2.74. The van der Waals surface area contributed by atoms with Crippen LogP contribution in [0.1, 0.15) is 30.8 Å². The van der Waals surface area contributed by atoms with Crippen molar-refractivity contribution >= 4 is 17.5 Å². The first-order valence-electron chi connectivity index (χ1n) is 7.23. The third kappa shape index (κ3) is 2.78. The van der Waals surface area contributed by atoms with E-state index in [1.54, 1.807) is 18.2 Å². The number of aromatic hydroxyl groups is 1. The first kappa shape index (κ1) is 16.6. The number of phenols is 1. The summed E-state index contributed by atoms with van der Waals surface area (Å²) in [6, 6.07) is 6.90. The lowest BCUT2D eigenvalue weighted by atomic mass is 9.95. The normalized spacial score (nSPS) is 11.4. The Morgan fingerprint density at radius 2 is 1.91 bits per heavy atom. The summed E-state index contributed by atoms with van der Waals surface area (Å²) in [4.78, 5) is 0. The van der Waals surface area contributed by atoms with Crippen LogP contribution in [0.3, 0.4) is 0 Å². The third-order valence-corrected chi connectivity index (χ3v) is 3.96. The van der Waals surface area contributed by atoms with Crippen molar-refractivity contribution in [1.29, 1.82) is 5.41 Å². The Bertz CT molecular complexity index is 784. The number of nitrogens with one attached hydrogen (secondary N) is 2. The summed E-state index contributed by atoms with van der Waals surface area (Å²) in [6.07, 6.45) is 3.68. The molecule has 0 saturated heterocycles. The molecule has 0 unspecified atom stereocenters. The van der Waals surface area contributed by atoms with E-state index >= 15 is 0 Å². The van der Waals surface area contributed by atoms with Gasteiger partial charge in [0.1, 0.15) is 5.75 Å². The highest BCUT2D eigenvalue weighted by molar-refractivity contribution is 6.04. The van der Waals surface area contributed by atoms with Crippen LogP contribution in [0.2, 0.25) is 0 Å². The van der Waals surface area contributed by atoms with Crippen molar-refractivity contribution in [3.8, 4) is 16.9 Å². The molecule has 2 aromatic rings. The van der Waals surface area contributed by atoms with E-state index in [-0.39, 0.29) is 11.6 Å². The maximum absolute atomic E-state index is 9.53. The SMILES string of the molecule is C=Cc1c(-c2ccc(O)cc2)c(/C(C)=C/C)c(C(=N)NO)n1C. The molecule has 1 heterocycles. The van der Waals surface area contributed by atoms with Gasteiger partial charge < -0.3 is 9.67 Å². The minimum absolute atomic E-state index is 0.0863. The number of hydroxylamine groups is 1. The highest BCUT2D eigenvalue weighted by Gasteiger charge is 2.24. The van der Waals surface area contributed by atoms with Crippen molar-refractivity contribution in [3.63, 3.8) is 0 Å². The molecule has 0 amide bonds. The number of nitrogens with zero attached hydrogens (tertiary/aromatic N) is 1. The second kappa shape index (κ2) is 6.54. The highest BCUT2D eigenvalue weighted by Crippen LogP contribution is 2.38. The van der Waals surface area contributed by atoms with E-state index in [2.05, 4.69) is 6.58 Å². The summed E-state index contributed by atoms with van der Waals surface area (Å²) < 4.78 is 1.82. The van der Waals surface area contributed by atoms with Gasteiger partial charge in [0.2, 0.25) is 0 Å². The number of hydrogen-bond donors (Lipinski definition) is 4. The maximum Gasteiger partial charge on any atom is 0.167 e. The predicted molar refractivity (Wildman–Crippen MR) is 93.7 cm³/mol. The van der Waals surface area contributed by atoms with Gasteiger partial charge in [0.05, 0.1) is 5.69 Å². The van der Waals surface area contributed by atoms with Gasteiger partial charge in [-0.3, -0.25) is 16.1 Å². The summed E-state index contributed by atoms with van der Waals surface area (Å²) in [6.45, 7) is 7.76. The molecule has 0 spiro atoms. The molecule has 0 aliphatic heterocycles. The summed E-state index contributed by atoms with van der Waals surface area (Å²) in [7, 11) is 1.83. The van der Waals surface area contributed by atoms with E-state index in [9.17, 15) is 10.3 Å². The Labute approximate surface area is 135 Å². The van der Waals surface area contributed by atoms with Gasteiger partial charge in [-0.05, 0) is 43.2 Å². The average molecular weight is 311 g/mol. The summed E-state index contributed by atoms with van der Waals surface area (Å²) in [5.74, 6) is 0.107. The van der Waals surface area contributed by atoms with Crippen molar-refractivity contribution in [3.05, 3.63) is 53.9 Å². The first-order chi connectivity index (χ1) is 11.0. The van der Waals surface area contributed by atoms with Gasteiger partial charge in [-0.2, -0.15) is 0 Å². The molecule has 2 rings (SSSR count). The van der Waals surface area contributed by atoms with E-state index in [4.69, 9.17) is 5.41 Å². The van der Waals surface area contributed by atoms with Gasteiger partial charge >= 0.3 is 0 Å². The number of hydrogen-bond acceptors (Lipinski definition) is 3. The molecular formula is C18H21N3O2. The molecular weight excluding hydrogens is 290 g/mol. The first-order valence-corrected chi connectivity index (χ1v) is 7.23. The van der Waals surface area contributed by atoms with Gasteiger partial charge in [-0.15, -0.1) is 0 Å². The number of benzene rings is 1. The molecule has 5 heteroatoms. The monoisotopic (exact) mass is 311 g/mol. The topological polar surface area (TPSA) is 81.3 Å². The molecule has 0 saturated carbocycles. The van der Waals surface area contributed by atoms with E-state index < -0.39 is 0 Å². The molecule has 5 nitrogen and oxygen atoms in total. The zero-order valence-electron chi connectivity index (χ0n) is 13.5. The molecule has 0 fully saturated rings. The summed E-state index contributed by atoms with van der Waals surface area (Å²) >= 11 is 0. The molecule has 120 valence electrons.